The van der Waals surface area contributed by atoms with Gasteiger partial charge in [-0.25, -0.2) is 4.79 Å². The molecule has 0 aliphatic carbocycles. The number of nitrogen functional groups attached to an aromatic ring is 1. The van der Waals surface area contributed by atoms with E-state index in [9.17, 15) is 9.59 Å². The molecule has 8 heteroatoms. The average molecular weight is 270 g/mol. The topological polar surface area (TPSA) is 108 Å². The van der Waals surface area contributed by atoms with E-state index in [4.69, 9.17) is 15.2 Å². The lowest BCUT2D eigenvalue weighted by molar-refractivity contribution is -0.122. The Morgan fingerprint density at radius 2 is 2.26 bits per heavy atom. The minimum atomic E-state index is -0.599. The van der Waals surface area contributed by atoms with Crippen molar-refractivity contribution < 1.29 is 19.1 Å². The minimum absolute atomic E-state index is 0.0199. The van der Waals surface area contributed by atoms with Crippen LogP contribution in [-0.2, 0) is 20.8 Å². The molecule has 0 aliphatic rings. The van der Waals surface area contributed by atoms with E-state index in [-0.39, 0.29) is 30.4 Å². The first-order valence-corrected chi connectivity index (χ1v) is 5.84. The first kappa shape index (κ1) is 15.0. The third kappa shape index (κ3) is 4.59. The Hall–Kier alpha value is -2.09. The molecule has 1 aromatic rings. The van der Waals surface area contributed by atoms with Crippen LogP contribution in [0.4, 0.5) is 5.69 Å². The smallest absolute Gasteiger partial charge is 0.361 e. The van der Waals surface area contributed by atoms with Gasteiger partial charge < -0.3 is 20.5 Å². The zero-order valence-electron chi connectivity index (χ0n) is 11.0. The highest BCUT2D eigenvalue weighted by Crippen LogP contribution is 2.10. The summed E-state index contributed by atoms with van der Waals surface area (Å²) in [6.45, 7) is 2.75. The fraction of sp³-hybridized carbons (Fsp3) is 0.545. The number of amides is 1. The van der Waals surface area contributed by atoms with Crippen molar-refractivity contribution in [3.05, 3.63) is 11.9 Å². The SMILES string of the molecule is CCOC(=O)c1nn(CC(=O)NCCOC)cc1N. The number of rotatable bonds is 7. The first-order valence-electron chi connectivity index (χ1n) is 5.84. The number of esters is 1. The third-order valence-electron chi connectivity index (χ3n) is 2.19. The molecule has 0 saturated heterocycles. The van der Waals surface area contributed by atoms with Crippen molar-refractivity contribution in [1.82, 2.24) is 15.1 Å². The molecule has 0 aliphatic heterocycles. The summed E-state index contributed by atoms with van der Waals surface area (Å²) in [5, 5.41) is 6.55. The summed E-state index contributed by atoms with van der Waals surface area (Å²) in [6.07, 6.45) is 1.42. The highest BCUT2D eigenvalue weighted by Gasteiger charge is 2.16. The van der Waals surface area contributed by atoms with Gasteiger partial charge in [-0.15, -0.1) is 0 Å². The second-order valence-electron chi connectivity index (χ2n) is 3.69. The molecule has 1 heterocycles. The number of ether oxygens (including phenoxy) is 2. The molecule has 106 valence electrons. The molecule has 0 unspecified atom stereocenters. The Balaban J connectivity index is 2.58. The summed E-state index contributed by atoms with van der Waals surface area (Å²) < 4.78 is 10.9. The summed E-state index contributed by atoms with van der Waals surface area (Å²) in [5.74, 6) is -0.839. The van der Waals surface area contributed by atoms with Gasteiger partial charge in [0.15, 0.2) is 5.69 Å². The van der Waals surface area contributed by atoms with E-state index in [1.807, 2.05) is 0 Å². The second-order valence-corrected chi connectivity index (χ2v) is 3.69. The van der Waals surface area contributed by atoms with Crippen LogP contribution in [0.3, 0.4) is 0 Å². The standard InChI is InChI=1S/C11H18N4O4/c1-3-19-11(17)10-8(12)6-15(14-10)7-9(16)13-4-5-18-2/h6H,3-5,7,12H2,1-2H3,(H,13,16). The lowest BCUT2D eigenvalue weighted by Crippen LogP contribution is -2.30. The molecular weight excluding hydrogens is 252 g/mol. The maximum atomic E-state index is 11.5. The van der Waals surface area contributed by atoms with Crippen LogP contribution in [0.15, 0.2) is 6.20 Å². The number of hydrogen-bond donors (Lipinski definition) is 2. The molecule has 0 saturated carbocycles. The molecule has 19 heavy (non-hydrogen) atoms. The van der Waals surface area contributed by atoms with Crippen LogP contribution in [0.5, 0.6) is 0 Å². The quantitative estimate of drug-likeness (QED) is 0.506. The molecular formula is C11H18N4O4. The van der Waals surface area contributed by atoms with E-state index in [2.05, 4.69) is 10.4 Å². The minimum Gasteiger partial charge on any atom is -0.461 e. The monoisotopic (exact) mass is 270 g/mol. The van der Waals surface area contributed by atoms with Gasteiger partial charge in [0.25, 0.3) is 0 Å². The number of carbonyl (C=O) groups excluding carboxylic acids is 2. The molecule has 0 atom stereocenters. The zero-order valence-corrected chi connectivity index (χ0v) is 11.0. The summed E-state index contributed by atoms with van der Waals surface area (Å²) in [4.78, 5) is 23.0. The van der Waals surface area contributed by atoms with Gasteiger partial charge in [-0.05, 0) is 6.92 Å². The van der Waals surface area contributed by atoms with Crippen LogP contribution < -0.4 is 11.1 Å². The average Bonchev–Trinajstić information content (AvgIpc) is 2.71. The molecule has 1 amide bonds. The number of methoxy groups -OCH3 is 1. The molecule has 3 N–H and O–H groups in total. The molecule has 0 bridgehead atoms. The van der Waals surface area contributed by atoms with Crippen LogP contribution in [-0.4, -0.2) is 48.5 Å². The molecule has 0 aromatic carbocycles. The van der Waals surface area contributed by atoms with Gasteiger partial charge in [-0.1, -0.05) is 0 Å². The number of carbonyl (C=O) groups is 2. The van der Waals surface area contributed by atoms with Crippen LogP contribution >= 0.6 is 0 Å². The van der Waals surface area contributed by atoms with Gasteiger partial charge in [0.05, 0.1) is 18.9 Å². The Kier molecular flexibility index (Phi) is 5.80. The predicted molar refractivity (Wildman–Crippen MR) is 67.5 cm³/mol. The first-order chi connectivity index (χ1) is 9.08. The highest BCUT2D eigenvalue weighted by molar-refractivity contribution is 5.92. The van der Waals surface area contributed by atoms with Crippen molar-refractivity contribution in [1.29, 1.82) is 0 Å². The van der Waals surface area contributed by atoms with Crippen molar-refractivity contribution in [3.8, 4) is 0 Å². The van der Waals surface area contributed by atoms with Crippen molar-refractivity contribution in [2.45, 2.75) is 13.5 Å². The Bertz CT molecular complexity index is 444. The number of nitrogens with one attached hydrogen (secondary N) is 1. The number of nitrogens with two attached hydrogens (primary N) is 1. The summed E-state index contributed by atoms with van der Waals surface area (Å²) >= 11 is 0. The van der Waals surface area contributed by atoms with Crippen molar-refractivity contribution in [2.24, 2.45) is 0 Å². The molecule has 0 fully saturated rings. The number of aromatic nitrogens is 2. The maximum absolute atomic E-state index is 11.5. The Morgan fingerprint density at radius 1 is 1.53 bits per heavy atom. The fourth-order valence-corrected chi connectivity index (χ4v) is 1.37. The van der Waals surface area contributed by atoms with Crippen LogP contribution in [0, 0.1) is 0 Å². The molecule has 0 spiro atoms. The predicted octanol–water partition coefficient (Wildman–Crippen LogP) is -0.595. The van der Waals surface area contributed by atoms with Crippen molar-refractivity contribution in [3.63, 3.8) is 0 Å². The van der Waals surface area contributed by atoms with E-state index in [1.165, 1.54) is 10.9 Å². The van der Waals surface area contributed by atoms with Gasteiger partial charge in [0, 0.05) is 19.9 Å². The highest BCUT2D eigenvalue weighted by atomic mass is 16.5. The van der Waals surface area contributed by atoms with Gasteiger partial charge >= 0.3 is 5.97 Å². The van der Waals surface area contributed by atoms with Gasteiger partial charge in [0.2, 0.25) is 5.91 Å². The lowest BCUT2D eigenvalue weighted by Gasteiger charge is -2.04. The third-order valence-corrected chi connectivity index (χ3v) is 2.19. The lowest BCUT2D eigenvalue weighted by atomic mass is 10.4. The van der Waals surface area contributed by atoms with Crippen molar-refractivity contribution >= 4 is 17.6 Å². The number of nitrogens with zero attached hydrogens (tertiary/aromatic N) is 2. The fourth-order valence-electron chi connectivity index (χ4n) is 1.37. The Labute approximate surface area is 110 Å². The van der Waals surface area contributed by atoms with Crippen LogP contribution in [0.2, 0.25) is 0 Å². The Morgan fingerprint density at radius 3 is 2.89 bits per heavy atom. The number of hydrogen-bond acceptors (Lipinski definition) is 6. The van der Waals surface area contributed by atoms with Gasteiger partial charge in [0.1, 0.15) is 6.54 Å². The summed E-state index contributed by atoms with van der Waals surface area (Å²) in [5.41, 5.74) is 5.84. The van der Waals surface area contributed by atoms with E-state index >= 15 is 0 Å². The van der Waals surface area contributed by atoms with E-state index in [0.29, 0.717) is 13.2 Å². The molecule has 8 nitrogen and oxygen atoms in total. The van der Waals surface area contributed by atoms with E-state index in [0.717, 1.165) is 0 Å². The second kappa shape index (κ2) is 7.37. The van der Waals surface area contributed by atoms with Crippen LogP contribution in [0.1, 0.15) is 17.4 Å². The van der Waals surface area contributed by atoms with Gasteiger partial charge in [-0.3, -0.25) is 9.48 Å². The van der Waals surface area contributed by atoms with Crippen LogP contribution in [0.25, 0.3) is 0 Å². The normalized spacial score (nSPS) is 10.2. The number of anilines is 1. The zero-order chi connectivity index (χ0) is 14.3. The van der Waals surface area contributed by atoms with E-state index in [1.54, 1.807) is 14.0 Å². The maximum Gasteiger partial charge on any atom is 0.361 e. The summed E-state index contributed by atoms with van der Waals surface area (Å²) in [7, 11) is 1.55. The summed E-state index contributed by atoms with van der Waals surface area (Å²) in [6, 6.07) is 0. The van der Waals surface area contributed by atoms with Crippen molar-refractivity contribution in [2.75, 3.05) is 32.6 Å². The largest absolute Gasteiger partial charge is 0.461 e. The molecule has 1 rings (SSSR count). The molecule has 1 aromatic heterocycles. The molecule has 0 radical (unpaired) electrons. The van der Waals surface area contributed by atoms with Gasteiger partial charge in [-0.2, -0.15) is 5.10 Å². The van der Waals surface area contributed by atoms with E-state index < -0.39 is 5.97 Å².